The lowest BCUT2D eigenvalue weighted by molar-refractivity contribution is 0.316. The van der Waals surface area contributed by atoms with E-state index < -0.39 is 0 Å². The molecule has 0 aliphatic rings. The Morgan fingerprint density at radius 2 is 1.80 bits per heavy atom. The molecule has 0 radical (unpaired) electrons. The maximum Gasteiger partial charge on any atom is 0.0451 e. The van der Waals surface area contributed by atoms with E-state index in [0.717, 1.165) is 24.7 Å². The number of hydrogen-bond donors (Lipinski definition) is 1. The van der Waals surface area contributed by atoms with Crippen molar-refractivity contribution in [2.24, 2.45) is 0 Å². The van der Waals surface area contributed by atoms with Gasteiger partial charge in [-0.25, -0.2) is 0 Å². The fourth-order valence-electron chi connectivity index (χ4n) is 2.25. The lowest BCUT2D eigenvalue weighted by Crippen LogP contribution is -2.23. The van der Waals surface area contributed by atoms with E-state index in [1.54, 1.807) is 0 Å². The number of benzene rings is 1. The molecule has 114 valence electrons. The van der Waals surface area contributed by atoms with Gasteiger partial charge in [-0.1, -0.05) is 56.5 Å². The molecule has 20 heavy (non-hydrogen) atoms. The van der Waals surface area contributed by atoms with Crippen molar-refractivity contribution in [2.45, 2.75) is 52.1 Å². The van der Waals surface area contributed by atoms with E-state index in [0.29, 0.717) is 6.04 Å². The molecule has 1 rings (SSSR count). The summed E-state index contributed by atoms with van der Waals surface area (Å²) in [5.74, 6) is 0. The molecule has 0 heterocycles. The summed E-state index contributed by atoms with van der Waals surface area (Å²) < 4.78 is 0. The molecule has 0 bridgehead atoms. The second-order valence-corrected chi connectivity index (χ2v) is 6.26. The van der Waals surface area contributed by atoms with Crippen molar-refractivity contribution < 1.29 is 0 Å². The zero-order valence-corrected chi connectivity index (χ0v) is 13.9. The van der Waals surface area contributed by atoms with E-state index >= 15 is 0 Å². The van der Waals surface area contributed by atoms with Crippen LogP contribution >= 0.6 is 11.6 Å². The van der Waals surface area contributed by atoms with Gasteiger partial charge in [0.15, 0.2) is 0 Å². The van der Waals surface area contributed by atoms with Crippen LogP contribution in [-0.4, -0.2) is 31.1 Å². The Bertz CT molecular complexity index is 366. The molecule has 0 amide bonds. The Hall–Kier alpha value is -0.570. The first-order chi connectivity index (χ1) is 9.59. The molecule has 0 aliphatic carbocycles. The molecule has 1 aromatic rings. The number of hydrogen-bond acceptors (Lipinski definition) is 2. The number of unbranched alkanes of at least 4 members (excludes halogenated alkanes) is 3. The van der Waals surface area contributed by atoms with Gasteiger partial charge < -0.3 is 10.2 Å². The molecule has 0 atom stereocenters. The average Bonchev–Trinajstić information content (AvgIpc) is 2.40. The van der Waals surface area contributed by atoms with Gasteiger partial charge in [-0.15, -0.1) is 0 Å². The van der Waals surface area contributed by atoms with Crippen LogP contribution in [0.15, 0.2) is 24.3 Å². The Kier molecular flexibility index (Phi) is 8.92. The molecule has 0 spiro atoms. The monoisotopic (exact) mass is 296 g/mol. The van der Waals surface area contributed by atoms with E-state index in [1.807, 2.05) is 12.1 Å². The van der Waals surface area contributed by atoms with Gasteiger partial charge in [0.1, 0.15) is 0 Å². The fourth-order valence-corrected chi connectivity index (χ4v) is 2.44. The first-order valence-electron chi connectivity index (χ1n) is 7.75. The van der Waals surface area contributed by atoms with E-state index in [-0.39, 0.29) is 0 Å². The topological polar surface area (TPSA) is 15.3 Å². The Labute approximate surface area is 129 Å². The minimum absolute atomic E-state index is 0.608. The van der Waals surface area contributed by atoms with Crippen LogP contribution in [0.1, 0.15) is 45.1 Å². The number of rotatable bonds is 10. The highest BCUT2D eigenvalue weighted by Gasteiger charge is 2.03. The van der Waals surface area contributed by atoms with Gasteiger partial charge in [0.25, 0.3) is 0 Å². The van der Waals surface area contributed by atoms with E-state index in [9.17, 15) is 0 Å². The number of nitrogens with zero attached hydrogens (tertiary/aromatic N) is 1. The highest BCUT2D eigenvalue weighted by molar-refractivity contribution is 6.31. The molecule has 3 heteroatoms. The second-order valence-electron chi connectivity index (χ2n) is 5.85. The molecular weight excluding hydrogens is 268 g/mol. The highest BCUT2D eigenvalue weighted by atomic mass is 35.5. The maximum absolute atomic E-state index is 6.18. The lowest BCUT2D eigenvalue weighted by atomic mass is 10.1. The van der Waals surface area contributed by atoms with Crippen molar-refractivity contribution in [1.82, 2.24) is 10.2 Å². The number of halogens is 1. The SMILES string of the molecule is CC(C)NCCCCCCN(C)Cc1ccccc1Cl. The summed E-state index contributed by atoms with van der Waals surface area (Å²) in [4.78, 5) is 2.35. The molecule has 0 saturated carbocycles. The van der Waals surface area contributed by atoms with Crippen molar-refractivity contribution in [3.63, 3.8) is 0 Å². The van der Waals surface area contributed by atoms with Gasteiger partial charge in [-0.3, -0.25) is 0 Å². The molecule has 0 saturated heterocycles. The van der Waals surface area contributed by atoms with Crippen molar-refractivity contribution in [3.05, 3.63) is 34.9 Å². The van der Waals surface area contributed by atoms with Crippen LogP contribution in [0.3, 0.4) is 0 Å². The molecule has 0 aliphatic heterocycles. The lowest BCUT2D eigenvalue weighted by Gasteiger charge is -2.17. The fraction of sp³-hybridized carbons (Fsp3) is 0.647. The molecule has 1 N–H and O–H groups in total. The summed E-state index contributed by atoms with van der Waals surface area (Å²) >= 11 is 6.18. The predicted octanol–water partition coefficient (Wildman–Crippen LogP) is 4.33. The van der Waals surface area contributed by atoms with Gasteiger partial charge in [0.2, 0.25) is 0 Å². The minimum atomic E-state index is 0.608. The smallest absolute Gasteiger partial charge is 0.0451 e. The van der Waals surface area contributed by atoms with Crippen LogP contribution in [0.25, 0.3) is 0 Å². The van der Waals surface area contributed by atoms with Crippen LogP contribution in [0, 0.1) is 0 Å². The molecular formula is C17H29ClN2. The normalized spacial score (nSPS) is 11.5. The van der Waals surface area contributed by atoms with Gasteiger partial charge in [-0.05, 0) is 44.6 Å². The van der Waals surface area contributed by atoms with E-state index in [2.05, 4.69) is 43.2 Å². The van der Waals surface area contributed by atoms with E-state index in [4.69, 9.17) is 11.6 Å². The summed E-state index contributed by atoms with van der Waals surface area (Å²) in [7, 11) is 2.17. The van der Waals surface area contributed by atoms with Crippen molar-refractivity contribution in [1.29, 1.82) is 0 Å². The van der Waals surface area contributed by atoms with E-state index in [1.165, 1.54) is 31.2 Å². The van der Waals surface area contributed by atoms with Gasteiger partial charge in [0, 0.05) is 17.6 Å². The Balaban J connectivity index is 2.06. The summed E-state index contributed by atoms with van der Waals surface area (Å²) in [6.45, 7) is 7.62. The molecule has 2 nitrogen and oxygen atoms in total. The first kappa shape index (κ1) is 17.5. The Morgan fingerprint density at radius 3 is 2.50 bits per heavy atom. The van der Waals surface area contributed by atoms with Crippen molar-refractivity contribution >= 4 is 11.6 Å². The standard InChI is InChI=1S/C17H29ClN2/c1-15(2)19-12-8-4-5-9-13-20(3)14-16-10-6-7-11-17(16)18/h6-7,10-11,15,19H,4-5,8-9,12-14H2,1-3H3. The van der Waals surface area contributed by atoms with Crippen molar-refractivity contribution in [2.75, 3.05) is 20.1 Å². The van der Waals surface area contributed by atoms with Crippen LogP contribution in [0.2, 0.25) is 5.02 Å². The van der Waals surface area contributed by atoms with Crippen LogP contribution in [0.4, 0.5) is 0 Å². The van der Waals surface area contributed by atoms with Crippen molar-refractivity contribution in [3.8, 4) is 0 Å². The van der Waals surface area contributed by atoms with Crippen LogP contribution in [0.5, 0.6) is 0 Å². The van der Waals surface area contributed by atoms with Gasteiger partial charge in [-0.2, -0.15) is 0 Å². The predicted molar refractivity (Wildman–Crippen MR) is 89.4 cm³/mol. The summed E-state index contributed by atoms with van der Waals surface area (Å²) in [6, 6.07) is 8.72. The summed E-state index contributed by atoms with van der Waals surface area (Å²) in [6.07, 6.45) is 5.18. The maximum atomic E-state index is 6.18. The Morgan fingerprint density at radius 1 is 1.10 bits per heavy atom. The largest absolute Gasteiger partial charge is 0.315 e. The van der Waals surface area contributed by atoms with Crippen LogP contribution in [-0.2, 0) is 6.54 Å². The minimum Gasteiger partial charge on any atom is -0.315 e. The molecule has 0 aromatic heterocycles. The highest BCUT2D eigenvalue weighted by Crippen LogP contribution is 2.16. The first-order valence-corrected chi connectivity index (χ1v) is 8.12. The summed E-state index contributed by atoms with van der Waals surface area (Å²) in [5.41, 5.74) is 1.22. The zero-order chi connectivity index (χ0) is 14.8. The van der Waals surface area contributed by atoms with Gasteiger partial charge in [0.05, 0.1) is 0 Å². The molecule has 0 fully saturated rings. The zero-order valence-electron chi connectivity index (χ0n) is 13.2. The third-order valence-corrected chi connectivity index (χ3v) is 3.79. The molecule has 0 unspecified atom stereocenters. The second kappa shape index (κ2) is 10.2. The van der Waals surface area contributed by atoms with Crippen LogP contribution < -0.4 is 5.32 Å². The summed E-state index contributed by atoms with van der Waals surface area (Å²) in [5, 5.41) is 4.33. The molecule has 1 aromatic carbocycles. The van der Waals surface area contributed by atoms with Gasteiger partial charge >= 0.3 is 0 Å². The quantitative estimate of drug-likeness (QED) is 0.647. The third-order valence-electron chi connectivity index (χ3n) is 3.42. The third kappa shape index (κ3) is 7.88. The average molecular weight is 297 g/mol. The number of nitrogens with one attached hydrogen (secondary N) is 1.